The molecule has 1 aromatic rings. The topological polar surface area (TPSA) is 27.1 Å². The van der Waals surface area contributed by atoms with E-state index in [1.165, 1.54) is 6.20 Å². The highest BCUT2D eigenvalue weighted by molar-refractivity contribution is 5.08. The highest BCUT2D eigenvalue weighted by Crippen LogP contribution is 2.17. The van der Waals surface area contributed by atoms with Gasteiger partial charge in [0.2, 0.25) is 0 Å². The summed E-state index contributed by atoms with van der Waals surface area (Å²) in [6.07, 6.45) is 1.25. The van der Waals surface area contributed by atoms with Crippen LogP contribution in [0.5, 0.6) is 0 Å². The van der Waals surface area contributed by atoms with Gasteiger partial charge in [-0.3, -0.25) is 4.68 Å². The molecule has 0 N–H and O–H groups in total. The minimum absolute atomic E-state index is 0.152. The van der Waals surface area contributed by atoms with E-state index >= 15 is 0 Å². The third-order valence-electron chi connectivity index (χ3n) is 1.89. The third kappa shape index (κ3) is 2.28. The van der Waals surface area contributed by atoms with Crippen molar-refractivity contribution in [3.8, 4) is 0 Å². The molecule has 1 rings (SSSR count). The summed E-state index contributed by atoms with van der Waals surface area (Å²) < 4.78 is 19.7. The van der Waals surface area contributed by atoms with Gasteiger partial charge >= 0.3 is 0 Å². The van der Waals surface area contributed by atoms with Crippen molar-refractivity contribution >= 4 is 0 Å². The van der Waals surface area contributed by atoms with E-state index in [4.69, 9.17) is 4.74 Å². The average Bonchev–Trinajstić information content (AvgIpc) is 2.43. The van der Waals surface area contributed by atoms with Gasteiger partial charge in [-0.25, -0.2) is 4.39 Å². The second-order valence-corrected chi connectivity index (χ2v) is 3.25. The van der Waals surface area contributed by atoms with E-state index in [0.29, 0.717) is 18.8 Å². The molecule has 0 atom stereocenters. The number of aromatic nitrogens is 2. The minimum Gasteiger partial charge on any atom is -0.383 e. The highest BCUT2D eigenvalue weighted by Gasteiger charge is 2.13. The van der Waals surface area contributed by atoms with E-state index in [9.17, 15) is 4.39 Å². The molecule has 0 amide bonds. The molecule has 0 aliphatic rings. The number of ether oxygens (including phenoxy) is 1. The van der Waals surface area contributed by atoms with Crippen molar-refractivity contribution in [3.05, 3.63) is 17.7 Å². The van der Waals surface area contributed by atoms with Crippen molar-refractivity contribution in [1.29, 1.82) is 0 Å². The standard InChI is InChI=1S/C9H15FN2O/c1-7(2)9-8(10)6-11-12(9)4-5-13-3/h6-7H,4-5H2,1-3H3. The quantitative estimate of drug-likeness (QED) is 0.716. The SMILES string of the molecule is COCCn1ncc(F)c1C(C)C. The molecule has 0 radical (unpaired) electrons. The number of nitrogens with zero attached hydrogens (tertiary/aromatic N) is 2. The summed E-state index contributed by atoms with van der Waals surface area (Å²) in [6, 6.07) is 0. The number of hydrogen-bond acceptors (Lipinski definition) is 2. The average molecular weight is 186 g/mol. The highest BCUT2D eigenvalue weighted by atomic mass is 19.1. The van der Waals surface area contributed by atoms with E-state index in [-0.39, 0.29) is 11.7 Å². The summed E-state index contributed by atoms with van der Waals surface area (Å²) in [7, 11) is 1.62. The zero-order valence-electron chi connectivity index (χ0n) is 8.25. The molecular weight excluding hydrogens is 171 g/mol. The van der Waals surface area contributed by atoms with Gasteiger partial charge < -0.3 is 4.74 Å². The molecule has 1 aromatic heterocycles. The second-order valence-electron chi connectivity index (χ2n) is 3.25. The summed E-state index contributed by atoms with van der Waals surface area (Å²) >= 11 is 0. The maximum atomic E-state index is 13.2. The van der Waals surface area contributed by atoms with Crippen LogP contribution in [-0.2, 0) is 11.3 Å². The van der Waals surface area contributed by atoms with Crippen molar-refractivity contribution in [1.82, 2.24) is 9.78 Å². The maximum Gasteiger partial charge on any atom is 0.164 e. The molecule has 0 fully saturated rings. The Kier molecular flexibility index (Phi) is 3.42. The number of hydrogen-bond donors (Lipinski definition) is 0. The first-order chi connectivity index (χ1) is 6.16. The minimum atomic E-state index is -0.230. The van der Waals surface area contributed by atoms with E-state index < -0.39 is 0 Å². The van der Waals surface area contributed by atoms with Crippen molar-refractivity contribution in [3.63, 3.8) is 0 Å². The second kappa shape index (κ2) is 4.37. The van der Waals surface area contributed by atoms with Crippen LogP contribution in [0.4, 0.5) is 4.39 Å². The van der Waals surface area contributed by atoms with Gasteiger partial charge in [0.05, 0.1) is 25.0 Å². The van der Waals surface area contributed by atoms with Gasteiger partial charge in [0.15, 0.2) is 5.82 Å². The molecule has 74 valence electrons. The van der Waals surface area contributed by atoms with Crippen LogP contribution < -0.4 is 0 Å². The largest absolute Gasteiger partial charge is 0.383 e. The lowest BCUT2D eigenvalue weighted by Crippen LogP contribution is -2.11. The van der Waals surface area contributed by atoms with Crippen LogP contribution in [0.25, 0.3) is 0 Å². The van der Waals surface area contributed by atoms with E-state index in [1.807, 2.05) is 13.8 Å². The fourth-order valence-corrected chi connectivity index (χ4v) is 1.30. The van der Waals surface area contributed by atoms with Crippen LogP contribution >= 0.6 is 0 Å². The normalized spacial score (nSPS) is 11.2. The summed E-state index contributed by atoms with van der Waals surface area (Å²) in [6.45, 7) is 5.06. The lowest BCUT2D eigenvalue weighted by atomic mass is 10.1. The van der Waals surface area contributed by atoms with Crippen molar-refractivity contribution in [2.24, 2.45) is 0 Å². The maximum absolute atomic E-state index is 13.2. The van der Waals surface area contributed by atoms with Crippen LogP contribution in [0.15, 0.2) is 6.20 Å². The molecule has 0 spiro atoms. The smallest absolute Gasteiger partial charge is 0.164 e. The molecule has 0 aliphatic carbocycles. The van der Waals surface area contributed by atoms with Crippen LogP contribution in [0.2, 0.25) is 0 Å². The Morgan fingerprint density at radius 1 is 1.62 bits per heavy atom. The molecule has 0 saturated carbocycles. The van der Waals surface area contributed by atoms with E-state index in [1.54, 1.807) is 11.8 Å². The van der Waals surface area contributed by atoms with Gasteiger partial charge in [0.1, 0.15) is 0 Å². The first kappa shape index (κ1) is 10.2. The first-order valence-electron chi connectivity index (χ1n) is 4.37. The van der Waals surface area contributed by atoms with Crippen LogP contribution in [0, 0.1) is 5.82 Å². The lowest BCUT2D eigenvalue weighted by molar-refractivity contribution is 0.182. The van der Waals surface area contributed by atoms with Gasteiger partial charge in [0.25, 0.3) is 0 Å². The Balaban J connectivity index is 2.81. The predicted octanol–water partition coefficient (Wildman–Crippen LogP) is 1.79. The lowest BCUT2D eigenvalue weighted by Gasteiger charge is -2.09. The predicted molar refractivity (Wildman–Crippen MR) is 48.2 cm³/mol. The summed E-state index contributed by atoms with van der Waals surface area (Å²) in [5.74, 6) is -0.0783. The summed E-state index contributed by atoms with van der Waals surface area (Å²) in [5.41, 5.74) is 0.650. The number of halogens is 1. The Bertz CT molecular complexity index is 271. The Morgan fingerprint density at radius 2 is 2.31 bits per heavy atom. The van der Waals surface area contributed by atoms with E-state index in [2.05, 4.69) is 5.10 Å². The number of rotatable bonds is 4. The van der Waals surface area contributed by atoms with Gasteiger partial charge in [-0.05, 0) is 5.92 Å². The Labute approximate surface area is 77.5 Å². The first-order valence-corrected chi connectivity index (χ1v) is 4.37. The Morgan fingerprint density at radius 3 is 2.85 bits per heavy atom. The van der Waals surface area contributed by atoms with Gasteiger partial charge in [-0.2, -0.15) is 5.10 Å². The van der Waals surface area contributed by atoms with Crippen LogP contribution in [0.1, 0.15) is 25.5 Å². The van der Waals surface area contributed by atoms with Crippen molar-refractivity contribution < 1.29 is 9.13 Å². The molecule has 1 heterocycles. The molecule has 0 saturated heterocycles. The molecule has 0 bridgehead atoms. The molecule has 4 heteroatoms. The van der Waals surface area contributed by atoms with Crippen LogP contribution in [-0.4, -0.2) is 23.5 Å². The van der Waals surface area contributed by atoms with Gasteiger partial charge in [0, 0.05) is 7.11 Å². The molecule has 3 nitrogen and oxygen atoms in total. The Hall–Kier alpha value is -0.900. The van der Waals surface area contributed by atoms with Crippen molar-refractivity contribution in [2.75, 3.05) is 13.7 Å². The zero-order chi connectivity index (χ0) is 9.84. The molecule has 13 heavy (non-hydrogen) atoms. The number of methoxy groups -OCH3 is 1. The zero-order valence-corrected chi connectivity index (χ0v) is 8.25. The fraction of sp³-hybridized carbons (Fsp3) is 0.667. The monoisotopic (exact) mass is 186 g/mol. The fourth-order valence-electron chi connectivity index (χ4n) is 1.30. The van der Waals surface area contributed by atoms with Gasteiger partial charge in [-0.1, -0.05) is 13.8 Å². The van der Waals surface area contributed by atoms with Crippen molar-refractivity contribution in [2.45, 2.75) is 26.3 Å². The summed E-state index contributed by atoms with van der Waals surface area (Å²) in [4.78, 5) is 0. The molecule has 0 aromatic carbocycles. The van der Waals surface area contributed by atoms with Crippen LogP contribution in [0.3, 0.4) is 0 Å². The summed E-state index contributed by atoms with van der Waals surface area (Å²) in [5, 5.41) is 3.94. The molecule has 0 aliphatic heterocycles. The third-order valence-corrected chi connectivity index (χ3v) is 1.89. The van der Waals surface area contributed by atoms with Gasteiger partial charge in [-0.15, -0.1) is 0 Å². The molecular formula is C9H15FN2O. The molecule has 0 unspecified atom stereocenters. The van der Waals surface area contributed by atoms with E-state index in [0.717, 1.165) is 0 Å².